The molecule has 3 aromatic rings. The van der Waals surface area contributed by atoms with Gasteiger partial charge >= 0.3 is 0 Å². The Hall–Kier alpha value is -2.46. The third-order valence-electron chi connectivity index (χ3n) is 5.39. The highest BCUT2D eigenvalue weighted by Crippen LogP contribution is 2.18. The minimum absolute atomic E-state index is 0.205. The lowest BCUT2D eigenvalue weighted by atomic mass is 10.1. The minimum Gasteiger partial charge on any atom is -0.342 e. The predicted molar refractivity (Wildman–Crippen MR) is 102 cm³/mol. The van der Waals surface area contributed by atoms with E-state index in [2.05, 4.69) is 54.1 Å². The number of quaternary nitrogens is 1. The number of aryl methyl sites for hydroxylation is 1. The molecule has 0 bridgehead atoms. The second kappa shape index (κ2) is 7.65. The molecule has 4 rings (SSSR count). The van der Waals surface area contributed by atoms with Crippen LogP contribution in [-0.2, 0) is 19.6 Å². The van der Waals surface area contributed by atoms with Gasteiger partial charge < -0.3 is 9.47 Å². The van der Waals surface area contributed by atoms with E-state index in [0.29, 0.717) is 12.6 Å². The number of halogens is 2. The van der Waals surface area contributed by atoms with Crippen LogP contribution in [0.2, 0.25) is 0 Å². The summed E-state index contributed by atoms with van der Waals surface area (Å²) < 4.78 is 30.5. The molecule has 0 aliphatic heterocycles. The standard InChI is InChI=1S/C23H24F2N2/c1-17-5-2-6-18(13-17)14-26-12-4-7-20(26)15-27(19-10-11-19)16-21-22(24)8-3-9-23(21)25/h2-9,12-13,19H,10-11,14-16H2,1H3/p+1. The lowest BCUT2D eigenvalue weighted by Gasteiger charge is -2.21. The third-order valence-corrected chi connectivity index (χ3v) is 5.39. The van der Waals surface area contributed by atoms with Crippen molar-refractivity contribution in [1.29, 1.82) is 0 Å². The first-order valence-electron chi connectivity index (χ1n) is 9.57. The van der Waals surface area contributed by atoms with Crippen molar-refractivity contribution in [2.45, 2.75) is 45.4 Å². The van der Waals surface area contributed by atoms with Gasteiger partial charge in [0.25, 0.3) is 0 Å². The molecule has 1 aromatic heterocycles. The highest BCUT2D eigenvalue weighted by molar-refractivity contribution is 5.23. The van der Waals surface area contributed by atoms with Gasteiger partial charge in [-0.2, -0.15) is 0 Å². The molecule has 1 unspecified atom stereocenters. The maximum atomic E-state index is 14.1. The molecule has 27 heavy (non-hydrogen) atoms. The Morgan fingerprint density at radius 2 is 1.70 bits per heavy atom. The van der Waals surface area contributed by atoms with Crippen LogP contribution < -0.4 is 4.90 Å². The number of aromatic nitrogens is 1. The first kappa shape index (κ1) is 17.9. The molecule has 0 amide bonds. The monoisotopic (exact) mass is 367 g/mol. The minimum atomic E-state index is -0.441. The van der Waals surface area contributed by atoms with Crippen LogP contribution in [0.4, 0.5) is 8.78 Å². The van der Waals surface area contributed by atoms with Crippen molar-refractivity contribution in [2.75, 3.05) is 0 Å². The van der Waals surface area contributed by atoms with Gasteiger partial charge in [-0.25, -0.2) is 8.78 Å². The van der Waals surface area contributed by atoms with Crippen LogP contribution in [0.5, 0.6) is 0 Å². The van der Waals surface area contributed by atoms with E-state index >= 15 is 0 Å². The van der Waals surface area contributed by atoms with Gasteiger partial charge in [0.15, 0.2) is 0 Å². The summed E-state index contributed by atoms with van der Waals surface area (Å²) in [6, 6.07) is 17.3. The van der Waals surface area contributed by atoms with Crippen molar-refractivity contribution in [3.8, 4) is 0 Å². The quantitative estimate of drug-likeness (QED) is 0.649. The van der Waals surface area contributed by atoms with Crippen LogP contribution in [-0.4, -0.2) is 10.6 Å². The predicted octanol–water partition coefficient (Wildman–Crippen LogP) is 3.87. The van der Waals surface area contributed by atoms with Gasteiger partial charge in [0.1, 0.15) is 24.7 Å². The molecule has 1 aliphatic rings. The van der Waals surface area contributed by atoms with Crippen molar-refractivity contribution in [2.24, 2.45) is 0 Å². The lowest BCUT2D eigenvalue weighted by molar-refractivity contribution is -0.939. The van der Waals surface area contributed by atoms with E-state index in [9.17, 15) is 8.78 Å². The topological polar surface area (TPSA) is 9.37 Å². The SMILES string of the molecule is Cc1cccc(Cn2cccc2C[NH+](Cc2c(F)cccc2F)C2CC2)c1. The Labute approximate surface area is 159 Å². The summed E-state index contributed by atoms with van der Waals surface area (Å²) >= 11 is 0. The molecule has 1 N–H and O–H groups in total. The number of rotatable bonds is 7. The fourth-order valence-electron chi connectivity index (χ4n) is 3.78. The Bertz CT molecular complexity index is 907. The third kappa shape index (κ3) is 4.28. The Morgan fingerprint density at radius 3 is 2.41 bits per heavy atom. The van der Waals surface area contributed by atoms with Crippen LogP contribution in [0, 0.1) is 18.6 Å². The number of hydrogen-bond acceptors (Lipinski definition) is 0. The summed E-state index contributed by atoms with van der Waals surface area (Å²) in [7, 11) is 0. The fraction of sp³-hybridized carbons (Fsp3) is 0.304. The number of nitrogens with one attached hydrogen (secondary N) is 1. The summed E-state index contributed by atoms with van der Waals surface area (Å²) in [4.78, 5) is 1.24. The molecule has 1 atom stereocenters. The molecule has 1 aliphatic carbocycles. The molecular weight excluding hydrogens is 342 g/mol. The molecule has 2 nitrogen and oxygen atoms in total. The number of benzene rings is 2. The molecule has 140 valence electrons. The van der Waals surface area contributed by atoms with Gasteiger partial charge in [-0.05, 0) is 36.8 Å². The molecule has 0 saturated heterocycles. The van der Waals surface area contributed by atoms with E-state index in [1.165, 1.54) is 39.9 Å². The summed E-state index contributed by atoms with van der Waals surface area (Å²) in [6.45, 7) is 4.08. The van der Waals surface area contributed by atoms with Crippen molar-refractivity contribution in [3.63, 3.8) is 0 Å². The normalized spacial score (nSPS) is 15.1. The average Bonchev–Trinajstić information content (AvgIpc) is 3.39. The smallest absolute Gasteiger partial charge is 0.135 e. The van der Waals surface area contributed by atoms with E-state index in [0.717, 1.165) is 25.9 Å². The summed E-state index contributed by atoms with van der Waals surface area (Å²) in [5.74, 6) is -0.883. The Balaban J connectivity index is 1.52. The first-order chi connectivity index (χ1) is 13.1. The van der Waals surface area contributed by atoms with Gasteiger partial charge in [-0.3, -0.25) is 0 Å². The number of hydrogen-bond donors (Lipinski definition) is 1. The van der Waals surface area contributed by atoms with Crippen molar-refractivity contribution < 1.29 is 13.7 Å². The van der Waals surface area contributed by atoms with Crippen molar-refractivity contribution >= 4 is 0 Å². The van der Waals surface area contributed by atoms with Crippen LogP contribution in [0.1, 0.15) is 35.2 Å². The van der Waals surface area contributed by atoms with E-state index in [1.54, 1.807) is 0 Å². The fourth-order valence-corrected chi connectivity index (χ4v) is 3.78. The van der Waals surface area contributed by atoms with E-state index < -0.39 is 11.6 Å². The summed E-state index contributed by atoms with van der Waals surface area (Å²) in [5, 5.41) is 0. The first-order valence-corrected chi connectivity index (χ1v) is 9.57. The van der Waals surface area contributed by atoms with Crippen LogP contribution in [0.25, 0.3) is 0 Å². The average molecular weight is 367 g/mol. The molecule has 0 spiro atoms. The largest absolute Gasteiger partial charge is 0.342 e. The second-order valence-electron chi connectivity index (χ2n) is 7.60. The zero-order valence-electron chi connectivity index (χ0n) is 15.6. The van der Waals surface area contributed by atoms with Gasteiger partial charge in [-0.15, -0.1) is 0 Å². The molecule has 1 saturated carbocycles. The lowest BCUT2D eigenvalue weighted by Crippen LogP contribution is -3.10. The second-order valence-corrected chi connectivity index (χ2v) is 7.60. The summed E-state index contributed by atoms with van der Waals surface area (Å²) in [6.07, 6.45) is 4.35. The van der Waals surface area contributed by atoms with Gasteiger partial charge in [0, 0.05) is 25.6 Å². The summed E-state index contributed by atoms with van der Waals surface area (Å²) in [5.41, 5.74) is 3.92. The molecule has 0 radical (unpaired) electrons. The van der Waals surface area contributed by atoms with E-state index in [1.807, 2.05) is 0 Å². The number of nitrogens with zero attached hydrogens (tertiary/aromatic N) is 1. The van der Waals surface area contributed by atoms with E-state index in [-0.39, 0.29) is 5.56 Å². The molecule has 4 heteroatoms. The molecule has 1 heterocycles. The Kier molecular flexibility index (Phi) is 5.08. The zero-order valence-corrected chi connectivity index (χ0v) is 15.6. The molecular formula is C23H25F2N2+. The maximum Gasteiger partial charge on any atom is 0.135 e. The van der Waals surface area contributed by atoms with E-state index in [4.69, 9.17) is 0 Å². The van der Waals surface area contributed by atoms with Crippen LogP contribution in [0.15, 0.2) is 60.8 Å². The van der Waals surface area contributed by atoms with Crippen molar-refractivity contribution in [1.82, 2.24) is 4.57 Å². The molecule has 1 fully saturated rings. The van der Waals surface area contributed by atoms with Gasteiger partial charge in [0.05, 0.1) is 17.3 Å². The van der Waals surface area contributed by atoms with Crippen molar-refractivity contribution in [3.05, 3.63) is 94.8 Å². The van der Waals surface area contributed by atoms with Gasteiger partial charge in [-0.1, -0.05) is 35.9 Å². The Morgan fingerprint density at radius 1 is 0.963 bits per heavy atom. The highest BCUT2D eigenvalue weighted by atomic mass is 19.1. The zero-order chi connectivity index (χ0) is 18.8. The maximum absolute atomic E-state index is 14.1. The highest BCUT2D eigenvalue weighted by Gasteiger charge is 2.34. The van der Waals surface area contributed by atoms with Crippen LogP contribution in [0.3, 0.4) is 0 Å². The van der Waals surface area contributed by atoms with Gasteiger partial charge in [0.2, 0.25) is 0 Å². The molecule has 2 aromatic carbocycles. The van der Waals surface area contributed by atoms with Crippen LogP contribution >= 0.6 is 0 Å².